The van der Waals surface area contributed by atoms with Crippen LogP contribution in [-0.2, 0) is 19.6 Å². The van der Waals surface area contributed by atoms with Gasteiger partial charge in [0.05, 0.1) is 16.9 Å². The van der Waals surface area contributed by atoms with Crippen molar-refractivity contribution in [1.82, 2.24) is 4.31 Å². The number of hydrogen-bond acceptors (Lipinski definition) is 9. The van der Waals surface area contributed by atoms with E-state index >= 15 is 0 Å². The van der Waals surface area contributed by atoms with E-state index in [1.54, 1.807) is 42.5 Å². The number of carbonyl (C=O) groups is 2. The number of amides is 2. The van der Waals surface area contributed by atoms with Gasteiger partial charge in [-0.3, -0.25) is 9.59 Å². The first-order valence-corrected chi connectivity index (χ1v) is 13.5. The van der Waals surface area contributed by atoms with Crippen LogP contribution in [0.3, 0.4) is 0 Å². The molecule has 2 aliphatic heterocycles. The third-order valence-corrected chi connectivity index (χ3v) is 8.98. The van der Waals surface area contributed by atoms with E-state index in [9.17, 15) is 18.0 Å². The third kappa shape index (κ3) is 5.26. The molecule has 14 heteroatoms. The maximum absolute atomic E-state index is 13.3. The molecule has 2 aromatic carbocycles. The highest BCUT2D eigenvalue weighted by Gasteiger charge is 2.30. The van der Waals surface area contributed by atoms with E-state index in [1.165, 1.54) is 6.07 Å². The van der Waals surface area contributed by atoms with Gasteiger partial charge in [0.25, 0.3) is 10.0 Å². The van der Waals surface area contributed by atoms with Crippen LogP contribution in [0.25, 0.3) is 0 Å². The van der Waals surface area contributed by atoms with Crippen LogP contribution < -0.4 is 29.6 Å². The summed E-state index contributed by atoms with van der Waals surface area (Å²) in [6, 6.07) is 12.6. The molecule has 0 aliphatic carbocycles. The quantitative estimate of drug-likeness (QED) is 0.405. The predicted molar refractivity (Wildman–Crippen MR) is 133 cm³/mol. The summed E-state index contributed by atoms with van der Waals surface area (Å²) in [6.07, 6.45) is 0. The van der Waals surface area contributed by atoms with Gasteiger partial charge < -0.3 is 29.6 Å². The second kappa shape index (κ2) is 9.97. The van der Waals surface area contributed by atoms with Gasteiger partial charge in [0.15, 0.2) is 23.0 Å². The van der Waals surface area contributed by atoms with Gasteiger partial charge in [0, 0.05) is 23.5 Å². The first kappa shape index (κ1) is 24.4. The molecular weight excluding hydrogens is 578 g/mol. The van der Waals surface area contributed by atoms with Gasteiger partial charge in [-0.05, 0) is 52.3 Å². The normalized spacial score (nSPS) is 13.6. The topological polar surface area (TPSA) is 132 Å². The van der Waals surface area contributed by atoms with E-state index in [2.05, 4.69) is 26.6 Å². The summed E-state index contributed by atoms with van der Waals surface area (Å²) in [5.41, 5.74) is 0.788. The average Bonchev–Trinajstić information content (AvgIpc) is 3.58. The number of nitrogens with zero attached hydrogens (tertiary/aromatic N) is 1. The monoisotopic (exact) mass is 595 g/mol. The Kier molecular flexibility index (Phi) is 6.75. The molecule has 0 saturated carbocycles. The second-order valence-electron chi connectivity index (χ2n) is 7.56. The van der Waals surface area contributed by atoms with E-state index in [-0.39, 0.29) is 17.8 Å². The van der Waals surface area contributed by atoms with Crippen molar-refractivity contribution in [3.05, 3.63) is 52.3 Å². The maximum Gasteiger partial charge on any atom is 0.253 e. The number of halogens is 1. The lowest BCUT2D eigenvalue weighted by molar-refractivity contribution is -0.118. The number of fused-ring (bicyclic) bond motifs is 2. The van der Waals surface area contributed by atoms with Crippen LogP contribution in [0.4, 0.5) is 11.4 Å². The van der Waals surface area contributed by atoms with E-state index in [1.807, 2.05) is 0 Å². The number of ether oxygens (including phenoxy) is 4. The number of anilines is 2. The number of carbonyl (C=O) groups excluding carboxylic acids is 2. The molecule has 11 nitrogen and oxygen atoms in total. The lowest BCUT2D eigenvalue weighted by atomic mass is 10.2. The lowest BCUT2D eigenvalue weighted by Crippen LogP contribution is -2.42. The van der Waals surface area contributed by atoms with E-state index in [0.29, 0.717) is 38.2 Å². The van der Waals surface area contributed by atoms with E-state index in [4.69, 9.17) is 18.9 Å². The van der Waals surface area contributed by atoms with Crippen LogP contribution in [0.2, 0.25) is 0 Å². The Balaban J connectivity index is 1.32. The van der Waals surface area contributed by atoms with Crippen molar-refractivity contribution in [3.8, 4) is 23.0 Å². The Morgan fingerprint density at radius 3 is 1.78 bits per heavy atom. The summed E-state index contributed by atoms with van der Waals surface area (Å²) in [7, 11) is -4.16. The van der Waals surface area contributed by atoms with Crippen LogP contribution in [0, 0.1) is 0 Å². The largest absolute Gasteiger partial charge is 0.454 e. The molecule has 5 rings (SSSR count). The molecule has 0 spiro atoms. The number of thiophene rings is 1. The van der Waals surface area contributed by atoms with Gasteiger partial charge in [-0.2, -0.15) is 4.31 Å². The van der Waals surface area contributed by atoms with Gasteiger partial charge in [-0.15, -0.1) is 11.3 Å². The smallest absolute Gasteiger partial charge is 0.253 e. The summed E-state index contributed by atoms with van der Waals surface area (Å²) >= 11 is 4.22. The van der Waals surface area contributed by atoms with Gasteiger partial charge in [0.1, 0.15) is 4.21 Å². The Morgan fingerprint density at radius 2 is 1.31 bits per heavy atom. The standard InChI is InChI=1S/C22H18BrN3O8S2/c23-19-5-6-22(35-19)36(29,30)26(9-20(27)24-13-1-3-15-17(7-13)33-11-31-15)10-21(28)25-14-2-4-16-18(8-14)34-12-32-16/h1-8H,9-12H2,(H,24,27)(H,25,28). The van der Waals surface area contributed by atoms with Crippen LogP contribution >= 0.6 is 27.3 Å². The number of nitrogens with one attached hydrogen (secondary N) is 2. The van der Waals surface area contributed by atoms with Crippen LogP contribution in [0.5, 0.6) is 23.0 Å². The summed E-state index contributed by atoms with van der Waals surface area (Å²) < 4.78 is 49.1. The van der Waals surface area contributed by atoms with Gasteiger partial charge in [0.2, 0.25) is 25.4 Å². The number of rotatable bonds is 8. The van der Waals surface area contributed by atoms with Gasteiger partial charge >= 0.3 is 0 Å². The molecule has 0 unspecified atom stereocenters. The molecule has 2 N–H and O–H groups in total. The molecule has 1 aromatic heterocycles. The zero-order chi connectivity index (χ0) is 25.3. The van der Waals surface area contributed by atoms with Crippen molar-refractivity contribution >= 4 is 60.5 Å². The number of hydrogen-bond donors (Lipinski definition) is 2. The Hall–Kier alpha value is -3.33. The average molecular weight is 596 g/mol. The Bertz CT molecular complexity index is 1370. The van der Waals surface area contributed by atoms with Crippen LogP contribution in [-0.4, -0.2) is 51.2 Å². The van der Waals surface area contributed by atoms with E-state index < -0.39 is 34.9 Å². The van der Waals surface area contributed by atoms with Crippen LogP contribution in [0.15, 0.2) is 56.5 Å². The van der Waals surface area contributed by atoms with Crippen molar-refractivity contribution in [2.75, 3.05) is 37.3 Å². The fourth-order valence-corrected chi connectivity index (χ4v) is 6.98. The summed E-state index contributed by atoms with van der Waals surface area (Å²) in [4.78, 5) is 25.6. The third-order valence-electron chi connectivity index (χ3n) is 5.10. The highest BCUT2D eigenvalue weighted by atomic mass is 79.9. The van der Waals surface area contributed by atoms with Crippen molar-refractivity contribution in [3.63, 3.8) is 0 Å². The fraction of sp³-hybridized carbons (Fsp3) is 0.182. The van der Waals surface area contributed by atoms with Gasteiger partial charge in [-0.1, -0.05) is 0 Å². The molecule has 36 heavy (non-hydrogen) atoms. The zero-order valence-electron chi connectivity index (χ0n) is 18.4. The number of sulfonamides is 1. The molecule has 3 heterocycles. The molecule has 0 bridgehead atoms. The molecular formula is C22H18BrN3O8S2. The first-order valence-electron chi connectivity index (χ1n) is 10.4. The second-order valence-corrected chi connectivity index (χ2v) is 12.2. The minimum absolute atomic E-state index is 0.0128. The summed E-state index contributed by atoms with van der Waals surface area (Å²) in [5.74, 6) is 0.738. The molecule has 2 aliphatic rings. The summed E-state index contributed by atoms with van der Waals surface area (Å²) in [6.45, 7) is -1.04. The van der Waals surface area contributed by atoms with E-state index in [0.717, 1.165) is 15.6 Å². The molecule has 0 radical (unpaired) electrons. The highest BCUT2D eigenvalue weighted by molar-refractivity contribution is 9.11. The van der Waals surface area contributed by atoms with Gasteiger partial charge in [-0.25, -0.2) is 8.42 Å². The summed E-state index contributed by atoms with van der Waals surface area (Å²) in [5, 5.41) is 5.27. The molecule has 0 atom stereocenters. The van der Waals surface area contributed by atoms with Crippen molar-refractivity contribution in [2.45, 2.75) is 4.21 Å². The Labute approximate surface area is 218 Å². The highest BCUT2D eigenvalue weighted by Crippen LogP contribution is 2.35. The fourth-order valence-electron chi connectivity index (χ4n) is 3.46. The molecule has 2 amide bonds. The Morgan fingerprint density at radius 1 is 0.806 bits per heavy atom. The molecule has 0 saturated heterocycles. The molecule has 188 valence electrons. The minimum atomic E-state index is -4.16. The SMILES string of the molecule is O=C(CN(CC(=O)Nc1ccc2c(c1)OCO2)S(=O)(=O)c1ccc(Br)s1)Nc1ccc2c(c1)OCO2. The zero-order valence-corrected chi connectivity index (χ0v) is 21.6. The minimum Gasteiger partial charge on any atom is -0.454 e. The first-order chi connectivity index (χ1) is 17.3. The molecule has 0 fully saturated rings. The number of benzene rings is 2. The maximum atomic E-state index is 13.3. The van der Waals surface area contributed by atoms with Crippen molar-refractivity contribution < 1.29 is 37.0 Å². The predicted octanol–water partition coefficient (Wildman–Crippen LogP) is 3.24. The van der Waals surface area contributed by atoms with Crippen LogP contribution in [0.1, 0.15) is 0 Å². The molecule has 3 aromatic rings. The van der Waals surface area contributed by atoms with Crippen molar-refractivity contribution in [2.24, 2.45) is 0 Å². The van der Waals surface area contributed by atoms with Crippen molar-refractivity contribution in [1.29, 1.82) is 0 Å². The lowest BCUT2D eigenvalue weighted by Gasteiger charge is -2.20.